The molecule has 9 heterocycles. The van der Waals surface area contributed by atoms with Crippen LogP contribution in [0.25, 0.3) is 0 Å². The average molecular weight is 1630 g/mol. The summed E-state index contributed by atoms with van der Waals surface area (Å²) in [6, 6.07) is 12.6. The maximum atomic E-state index is 13.3. The number of aliphatic imine (C=N–C) groups is 3. The highest BCUT2D eigenvalue weighted by Crippen LogP contribution is 2.42. The van der Waals surface area contributed by atoms with Crippen molar-refractivity contribution in [3.8, 4) is 0 Å². The Balaban J connectivity index is 0.000000170. The van der Waals surface area contributed by atoms with Crippen molar-refractivity contribution in [1.29, 1.82) is 0 Å². The molecule has 3 aromatic heterocycles. The molecule has 6 N–H and O–H groups in total. The Morgan fingerprint density at radius 2 is 0.783 bits per heavy atom. The second kappa shape index (κ2) is 39.0. The first-order valence-electron chi connectivity index (χ1n) is 33.3. The number of esters is 3. The fourth-order valence-electron chi connectivity index (χ4n) is 12.5. The SMILES string of the molecule is CCOC(=O)C1=C(CN2CCOC[C@@H]2CCC(=O)O)NC(c2nccs2)=N[C@H]1c1ccc(Cl)cc1Cl.COC(=O)C1=C(CN2CCOC[C@@H]2CCC(=O)O)NC(c2nccs2)=N[C@H]1c1ccc(Cl)cc1Cl.COC(=O)C1=C(CN2CCOC[C@H]2CCC(=O)O)NC(c2nccs2)=N[C@H]1c1ccc(Cl)cc1Cl. The summed E-state index contributed by atoms with van der Waals surface area (Å²) in [6.45, 7) is 7.45. The van der Waals surface area contributed by atoms with Crippen molar-refractivity contribution in [2.45, 2.75) is 81.7 Å². The van der Waals surface area contributed by atoms with Gasteiger partial charge in [-0.05, 0) is 62.6 Å². The minimum Gasteiger partial charge on any atom is -0.481 e. The van der Waals surface area contributed by atoms with E-state index in [1.165, 1.54) is 48.2 Å². The number of benzene rings is 3. The van der Waals surface area contributed by atoms with Crippen LogP contribution in [0.1, 0.15) is 95.3 Å². The van der Waals surface area contributed by atoms with E-state index in [0.717, 1.165) is 0 Å². The Hall–Kier alpha value is -7.50. The molecule has 0 saturated carbocycles. The number of carboxylic acid groups (broad SMARTS) is 3. The number of morpholine rings is 3. The Kier molecular flexibility index (Phi) is 29.8. The molecular formula is C70H74Cl6N12O15S3. The molecule has 106 heavy (non-hydrogen) atoms. The number of methoxy groups -OCH3 is 2. The van der Waals surface area contributed by atoms with Gasteiger partial charge in [0, 0.05) is 175 Å². The highest BCUT2D eigenvalue weighted by Gasteiger charge is 2.40. The van der Waals surface area contributed by atoms with E-state index in [1.807, 2.05) is 16.1 Å². The Morgan fingerprint density at radius 3 is 1.04 bits per heavy atom. The predicted octanol–water partition coefficient (Wildman–Crippen LogP) is 11.0. The summed E-state index contributed by atoms with van der Waals surface area (Å²) >= 11 is 42.3. The van der Waals surface area contributed by atoms with Gasteiger partial charge in [-0.2, -0.15) is 0 Å². The van der Waals surface area contributed by atoms with Crippen LogP contribution in [0.15, 0.2) is 138 Å². The number of nitrogens with zero attached hydrogens (tertiary/aromatic N) is 9. The van der Waals surface area contributed by atoms with Gasteiger partial charge in [0.25, 0.3) is 0 Å². The van der Waals surface area contributed by atoms with Gasteiger partial charge in [-0.1, -0.05) is 87.8 Å². The first-order chi connectivity index (χ1) is 51.1. The fraction of sp³-hybridized carbons (Fsp3) is 0.400. The van der Waals surface area contributed by atoms with Crippen LogP contribution in [-0.2, 0) is 57.2 Å². The van der Waals surface area contributed by atoms with E-state index in [0.29, 0.717) is 211 Å². The van der Waals surface area contributed by atoms with Gasteiger partial charge in [0.05, 0.1) is 77.2 Å². The van der Waals surface area contributed by atoms with Crippen molar-refractivity contribution in [2.75, 3.05) is 99.7 Å². The largest absolute Gasteiger partial charge is 0.481 e. The number of rotatable bonds is 25. The van der Waals surface area contributed by atoms with Crippen LogP contribution in [0.4, 0.5) is 0 Å². The second-order valence-corrected chi connectivity index (χ2v) is 29.5. The molecule has 12 rings (SSSR count). The lowest BCUT2D eigenvalue weighted by Gasteiger charge is -2.37. The molecule has 6 atom stereocenters. The molecule has 3 saturated heterocycles. The number of aromatic nitrogens is 3. The van der Waals surface area contributed by atoms with Crippen molar-refractivity contribution in [1.82, 2.24) is 45.6 Å². The van der Waals surface area contributed by atoms with Gasteiger partial charge in [0.15, 0.2) is 32.5 Å². The number of aliphatic carboxylic acids is 3. The van der Waals surface area contributed by atoms with Crippen LogP contribution in [0.3, 0.4) is 0 Å². The molecule has 27 nitrogen and oxygen atoms in total. The Morgan fingerprint density at radius 1 is 0.481 bits per heavy atom. The minimum absolute atomic E-state index is 0.0235. The van der Waals surface area contributed by atoms with Gasteiger partial charge >= 0.3 is 35.8 Å². The van der Waals surface area contributed by atoms with E-state index in [2.05, 4.69) is 45.6 Å². The molecule has 564 valence electrons. The van der Waals surface area contributed by atoms with Crippen molar-refractivity contribution in [2.24, 2.45) is 15.0 Å². The lowest BCUT2D eigenvalue weighted by Crippen LogP contribution is -2.49. The summed E-state index contributed by atoms with van der Waals surface area (Å²) < 4.78 is 32.6. The molecule has 3 aromatic carbocycles. The third-order valence-electron chi connectivity index (χ3n) is 17.6. The minimum atomic E-state index is -0.864. The maximum absolute atomic E-state index is 13.3. The maximum Gasteiger partial charge on any atom is 0.338 e. The molecule has 0 bridgehead atoms. The van der Waals surface area contributed by atoms with Gasteiger partial charge in [-0.3, -0.25) is 44.1 Å². The van der Waals surface area contributed by atoms with Crippen molar-refractivity contribution < 1.29 is 72.5 Å². The second-order valence-electron chi connectivity index (χ2n) is 24.3. The molecule has 0 unspecified atom stereocenters. The Labute approximate surface area is 651 Å². The normalized spacial score (nSPS) is 20.7. The first-order valence-corrected chi connectivity index (χ1v) is 38.2. The summed E-state index contributed by atoms with van der Waals surface area (Å²) in [5.74, 6) is -2.65. The number of nitrogens with one attached hydrogen (secondary N) is 3. The quantitative estimate of drug-likeness (QED) is 0.0229. The van der Waals surface area contributed by atoms with Crippen LogP contribution >= 0.6 is 104 Å². The Bertz CT molecular complexity index is 4160. The molecule has 0 radical (unpaired) electrons. The number of carbonyl (C=O) groups excluding carboxylic acids is 3. The smallest absolute Gasteiger partial charge is 0.338 e. The van der Waals surface area contributed by atoms with Crippen LogP contribution in [-0.4, -0.2) is 216 Å². The van der Waals surface area contributed by atoms with Crippen molar-refractivity contribution in [3.63, 3.8) is 0 Å². The molecule has 0 spiro atoms. The van der Waals surface area contributed by atoms with E-state index >= 15 is 0 Å². The van der Waals surface area contributed by atoms with E-state index in [4.69, 9.17) is 123 Å². The predicted molar refractivity (Wildman–Crippen MR) is 404 cm³/mol. The number of carboxylic acids is 3. The van der Waals surface area contributed by atoms with Crippen molar-refractivity contribution >= 4 is 157 Å². The van der Waals surface area contributed by atoms with Crippen LogP contribution in [0, 0.1) is 0 Å². The van der Waals surface area contributed by atoms with E-state index in [1.54, 1.807) is 80.1 Å². The van der Waals surface area contributed by atoms with Gasteiger partial charge in [-0.15, -0.1) is 34.0 Å². The lowest BCUT2D eigenvalue weighted by atomic mass is 9.95. The number of carbonyl (C=O) groups is 6. The molecule has 6 aliphatic rings. The van der Waals surface area contributed by atoms with Gasteiger partial charge < -0.3 is 59.7 Å². The molecule has 0 amide bonds. The monoisotopic (exact) mass is 1630 g/mol. The first kappa shape index (κ1) is 81.0. The number of halogens is 6. The van der Waals surface area contributed by atoms with Crippen LogP contribution in [0.5, 0.6) is 0 Å². The third-order valence-corrected chi connectivity index (χ3v) is 21.6. The molecule has 36 heteroatoms. The number of amidine groups is 3. The average Bonchev–Trinajstić information content (AvgIpc) is 1.01. The van der Waals surface area contributed by atoms with E-state index in [-0.39, 0.29) is 44.0 Å². The van der Waals surface area contributed by atoms with E-state index < -0.39 is 53.9 Å². The molecule has 6 aromatic rings. The zero-order valence-electron chi connectivity index (χ0n) is 57.3. The summed E-state index contributed by atoms with van der Waals surface area (Å²) in [5.41, 5.74) is 4.59. The van der Waals surface area contributed by atoms with Crippen LogP contribution in [0.2, 0.25) is 30.1 Å². The molecule has 6 aliphatic heterocycles. The number of ether oxygens (including phenoxy) is 6. The highest BCUT2D eigenvalue weighted by atomic mass is 35.5. The lowest BCUT2D eigenvalue weighted by molar-refractivity contribution is -0.139. The van der Waals surface area contributed by atoms with Gasteiger partial charge in [-0.25, -0.2) is 29.3 Å². The highest BCUT2D eigenvalue weighted by molar-refractivity contribution is 7.12. The van der Waals surface area contributed by atoms with E-state index in [9.17, 15) is 33.9 Å². The number of hydrogen-bond acceptors (Lipinski definition) is 27. The topological polar surface area (TPSA) is 340 Å². The summed E-state index contributed by atoms with van der Waals surface area (Å²) in [6.07, 6.45) is 6.39. The zero-order chi connectivity index (χ0) is 75.6. The molecule has 0 aliphatic carbocycles. The molecular weight excluding hydrogens is 1560 g/mol. The van der Waals surface area contributed by atoms with Crippen molar-refractivity contribution in [3.05, 3.63) is 185 Å². The molecule has 3 fully saturated rings. The number of thiazole rings is 3. The van der Waals surface area contributed by atoms with Gasteiger partial charge in [0.2, 0.25) is 0 Å². The summed E-state index contributed by atoms with van der Waals surface area (Å²) in [5, 5.41) is 47.4. The standard InChI is InChI=1S/C24H26Cl2N4O5S.2C23H24Cl2N4O5S/c1-2-35-24(33)20-18(12-30-8-9-34-13-15(30)4-6-19(31)32)28-22(23-27-7-10-36-23)29-21(20)16-5-3-14(25)11-17(16)26;2*1-33-23(32)19-17(11-29-7-8-34-12-14(29)3-5-18(30)31)27-21(22-26-6-9-35-22)28-20(19)15-4-2-13(24)10-16(15)25/h3,5,7,10-11,15,21H,2,4,6,8-9,12-13H2,1H3,(H,28,29)(H,31,32);2*2,4,6,9-10,14,20H,3,5,7-8,11-12H2,1H3,(H,27,28)(H,30,31)/t15-,21-;14-,20+;14-,20-/m010/s1. The van der Waals surface area contributed by atoms with Gasteiger partial charge in [0.1, 0.15) is 18.1 Å². The summed E-state index contributed by atoms with van der Waals surface area (Å²) in [7, 11) is 2.63. The van der Waals surface area contributed by atoms with Crippen LogP contribution < -0.4 is 16.0 Å². The third kappa shape index (κ3) is 21.3. The zero-order valence-corrected chi connectivity index (χ0v) is 64.3. The number of hydrogen-bond donors (Lipinski definition) is 6. The fourth-order valence-corrected chi connectivity index (χ4v) is 15.8. The summed E-state index contributed by atoms with van der Waals surface area (Å²) in [4.78, 5) is 107.